The summed E-state index contributed by atoms with van der Waals surface area (Å²) in [5, 5.41) is 7.49. The zero-order chi connectivity index (χ0) is 11.5. The topological polar surface area (TPSA) is 42.7 Å². The second-order valence-corrected chi connectivity index (χ2v) is 4.09. The van der Waals surface area contributed by atoms with Gasteiger partial charge in [0.25, 0.3) is 0 Å². The maximum atomic E-state index is 4.37. The van der Waals surface area contributed by atoms with Crippen LogP contribution in [0.2, 0.25) is 0 Å². The van der Waals surface area contributed by atoms with Crippen molar-refractivity contribution in [1.29, 1.82) is 0 Å². The third-order valence-electron chi connectivity index (χ3n) is 2.29. The molecule has 0 aliphatic heterocycles. The van der Waals surface area contributed by atoms with Crippen molar-refractivity contribution in [3.05, 3.63) is 36.3 Å². The summed E-state index contributed by atoms with van der Waals surface area (Å²) >= 11 is 0. The molecule has 0 unspecified atom stereocenters. The molecule has 0 aromatic carbocycles. The Labute approximate surface area is 95.3 Å². The highest BCUT2D eigenvalue weighted by Gasteiger charge is 2.02. The molecule has 0 spiro atoms. The summed E-state index contributed by atoms with van der Waals surface area (Å²) in [4.78, 5) is 4.37. The van der Waals surface area contributed by atoms with Gasteiger partial charge in [-0.3, -0.25) is 4.68 Å². The van der Waals surface area contributed by atoms with Crippen LogP contribution in [-0.4, -0.2) is 14.8 Å². The number of nitrogens with one attached hydrogen (secondary N) is 1. The third-order valence-corrected chi connectivity index (χ3v) is 2.29. The van der Waals surface area contributed by atoms with Crippen LogP contribution in [0, 0.1) is 6.92 Å². The van der Waals surface area contributed by atoms with Crippen LogP contribution in [0.3, 0.4) is 0 Å². The molecule has 2 aromatic rings. The van der Waals surface area contributed by atoms with E-state index in [2.05, 4.69) is 29.2 Å². The minimum atomic E-state index is 0.376. The highest BCUT2D eigenvalue weighted by atomic mass is 15.3. The van der Waals surface area contributed by atoms with Crippen molar-refractivity contribution in [2.75, 3.05) is 5.32 Å². The van der Waals surface area contributed by atoms with Crippen LogP contribution >= 0.6 is 0 Å². The molecule has 0 fully saturated rings. The van der Waals surface area contributed by atoms with Crippen molar-refractivity contribution in [3.8, 4) is 0 Å². The number of hydrogen-bond donors (Lipinski definition) is 1. The number of hydrogen-bond acceptors (Lipinski definition) is 3. The van der Waals surface area contributed by atoms with Gasteiger partial charge < -0.3 is 5.32 Å². The Balaban J connectivity index is 2.14. The van der Waals surface area contributed by atoms with Crippen LogP contribution in [-0.2, 0) is 0 Å². The first-order valence-electron chi connectivity index (χ1n) is 5.40. The highest BCUT2D eigenvalue weighted by molar-refractivity contribution is 5.53. The SMILES string of the molecule is Cc1cccc(Nc2cnn(C(C)C)c2)n1. The fraction of sp³-hybridized carbons (Fsp3) is 0.333. The molecule has 84 valence electrons. The van der Waals surface area contributed by atoms with Crippen molar-refractivity contribution >= 4 is 11.5 Å². The minimum Gasteiger partial charge on any atom is -0.338 e. The lowest BCUT2D eigenvalue weighted by atomic mass is 10.3. The Morgan fingerprint density at radius 2 is 2.12 bits per heavy atom. The summed E-state index contributed by atoms with van der Waals surface area (Å²) in [5.41, 5.74) is 1.97. The van der Waals surface area contributed by atoms with Crippen LogP contribution in [0.15, 0.2) is 30.6 Å². The maximum absolute atomic E-state index is 4.37. The van der Waals surface area contributed by atoms with Crippen molar-refractivity contribution < 1.29 is 0 Å². The third kappa shape index (κ3) is 2.39. The monoisotopic (exact) mass is 216 g/mol. The lowest BCUT2D eigenvalue weighted by molar-refractivity contribution is 0.532. The second-order valence-electron chi connectivity index (χ2n) is 4.09. The summed E-state index contributed by atoms with van der Waals surface area (Å²) in [5.74, 6) is 0.850. The Hall–Kier alpha value is -1.84. The fourth-order valence-electron chi connectivity index (χ4n) is 1.45. The Morgan fingerprint density at radius 1 is 1.31 bits per heavy atom. The number of pyridine rings is 1. The van der Waals surface area contributed by atoms with Gasteiger partial charge in [0, 0.05) is 17.9 Å². The molecule has 4 nitrogen and oxygen atoms in total. The first-order chi connectivity index (χ1) is 7.65. The molecule has 2 rings (SSSR count). The van der Waals surface area contributed by atoms with Gasteiger partial charge in [-0.2, -0.15) is 5.10 Å². The number of nitrogens with zero attached hydrogens (tertiary/aromatic N) is 3. The van der Waals surface area contributed by atoms with Crippen LogP contribution < -0.4 is 5.32 Å². The molecule has 2 heterocycles. The van der Waals surface area contributed by atoms with Gasteiger partial charge >= 0.3 is 0 Å². The summed E-state index contributed by atoms with van der Waals surface area (Å²) in [6.07, 6.45) is 3.79. The lowest BCUT2D eigenvalue weighted by Crippen LogP contribution is -2.00. The minimum absolute atomic E-state index is 0.376. The van der Waals surface area contributed by atoms with Gasteiger partial charge in [-0.25, -0.2) is 4.98 Å². The van der Waals surface area contributed by atoms with Gasteiger partial charge in [-0.1, -0.05) is 6.07 Å². The van der Waals surface area contributed by atoms with Crippen molar-refractivity contribution in [2.24, 2.45) is 0 Å². The van der Waals surface area contributed by atoms with Crippen LogP contribution in [0.25, 0.3) is 0 Å². The predicted molar refractivity (Wildman–Crippen MR) is 64.9 cm³/mol. The first-order valence-corrected chi connectivity index (χ1v) is 5.40. The quantitative estimate of drug-likeness (QED) is 0.857. The summed E-state index contributed by atoms with van der Waals surface area (Å²) in [7, 11) is 0. The molecule has 16 heavy (non-hydrogen) atoms. The lowest BCUT2D eigenvalue weighted by Gasteiger charge is -2.04. The molecule has 0 aliphatic rings. The average Bonchev–Trinajstić information content (AvgIpc) is 2.66. The summed E-state index contributed by atoms with van der Waals surface area (Å²) < 4.78 is 1.91. The van der Waals surface area contributed by atoms with Gasteiger partial charge in [0.15, 0.2) is 0 Å². The zero-order valence-corrected chi connectivity index (χ0v) is 9.81. The number of aromatic nitrogens is 3. The van der Waals surface area contributed by atoms with Gasteiger partial charge in [0.2, 0.25) is 0 Å². The van der Waals surface area contributed by atoms with Gasteiger partial charge in [0.1, 0.15) is 5.82 Å². The highest BCUT2D eigenvalue weighted by Crippen LogP contribution is 2.15. The Bertz CT molecular complexity index is 473. The molecular weight excluding hydrogens is 200 g/mol. The van der Waals surface area contributed by atoms with E-state index in [1.807, 2.05) is 42.2 Å². The zero-order valence-electron chi connectivity index (χ0n) is 9.81. The molecule has 0 bridgehead atoms. The Kier molecular flexibility index (Phi) is 2.90. The first kappa shape index (κ1) is 10.7. The van der Waals surface area contributed by atoms with E-state index in [1.165, 1.54) is 0 Å². The molecule has 2 aromatic heterocycles. The summed E-state index contributed by atoms with van der Waals surface area (Å²) in [6, 6.07) is 6.28. The van der Waals surface area contributed by atoms with E-state index in [1.54, 1.807) is 0 Å². The van der Waals surface area contributed by atoms with Crippen LogP contribution in [0.1, 0.15) is 25.6 Å². The standard InChI is InChI=1S/C12H16N4/c1-9(2)16-8-11(7-13-16)15-12-6-4-5-10(3)14-12/h4-9H,1-3H3,(H,14,15). The molecule has 0 radical (unpaired) electrons. The van der Waals surface area contributed by atoms with E-state index >= 15 is 0 Å². The van der Waals surface area contributed by atoms with E-state index in [0.29, 0.717) is 6.04 Å². The van der Waals surface area contributed by atoms with Crippen molar-refractivity contribution in [3.63, 3.8) is 0 Å². The molecule has 1 N–H and O–H groups in total. The second kappa shape index (κ2) is 4.35. The molecule has 0 saturated heterocycles. The molecule has 4 heteroatoms. The van der Waals surface area contributed by atoms with Gasteiger partial charge in [-0.15, -0.1) is 0 Å². The predicted octanol–water partition coefficient (Wildman–Crippen LogP) is 2.91. The van der Waals surface area contributed by atoms with Crippen LogP contribution in [0.5, 0.6) is 0 Å². The van der Waals surface area contributed by atoms with Gasteiger partial charge in [0.05, 0.1) is 11.9 Å². The fourth-order valence-corrected chi connectivity index (χ4v) is 1.45. The largest absolute Gasteiger partial charge is 0.338 e. The number of aryl methyl sites for hydroxylation is 1. The van der Waals surface area contributed by atoms with Crippen molar-refractivity contribution in [1.82, 2.24) is 14.8 Å². The molecule has 0 amide bonds. The average molecular weight is 216 g/mol. The van der Waals surface area contributed by atoms with E-state index in [4.69, 9.17) is 0 Å². The molecular formula is C12H16N4. The van der Waals surface area contributed by atoms with E-state index in [-0.39, 0.29) is 0 Å². The maximum Gasteiger partial charge on any atom is 0.130 e. The van der Waals surface area contributed by atoms with E-state index in [9.17, 15) is 0 Å². The van der Waals surface area contributed by atoms with E-state index < -0.39 is 0 Å². The Morgan fingerprint density at radius 3 is 2.75 bits per heavy atom. The number of rotatable bonds is 3. The van der Waals surface area contributed by atoms with Gasteiger partial charge in [-0.05, 0) is 32.9 Å². The number of anilines is 2. The molecule has 0 atom stereocenters. The van der Waals surface area contributed by atoms with E-state index in [0.717, 1.165) is 17.2 Å². The van der Waals surface area contributed by atoms with Crippen LogP contribution in [0.4, 0.5) is 11.5 Å². The van der Waals surface area contributed by atoms with Crippen molar-refractivity contribution in [2.45, 2.75) is 26.8 Å². The summed E-state index contributed by atoms with van der Waals surface area (Å²) in [6.45, 7) is 6.17. The molecule has 0 saturated carbocycles. The molecule has 0 aliphatic carbocycles. The smallest absolute Gasteiger partial charge is 0.130 e. The normalized spacial score (nSPS) is 10.8.